The van der Waals surface area contributed by atoms with Gasteiger partial charge in [-0.15, -0.1) is 0 Å². The normalized spacial score (nSPS) is 25.8. The lowest BCUT2D eigenvalue weighted by Crippen LogP contribution is -2.44. The maximum atomic E-state index is 12.1. The van der Waals surface area contributed by atoms with Gasteiger partial charge in [0.2, 0.25) is 5.91 Å². The van der Waals surface area contributed by atoms with Crippen LogP contribution in [0.15, 0.2) is 0 Å². The molecule has 1 saturated heterocycles. The third-order valence-corrected chi connectivity index (χ3v) is 3.79. The molecular weight excluding hydrogens is 212 g/mol. The predicted molar refractivity (Wildman–Crippen MR) is 72.0 cm³/mol. The smallest absolute Gasteiger partial charge is 0.227 e. The van der Waals surface area contributed by atoms with E-state index in [9.17, 15) is 4.79 Å². The second kappa shape index (κ2) is 7.00. The fraction of sp³-hybridized carbons (Fsp3) is 0.929. The van der Waals surface area contributed by atoms with Crippen molar-refractivity contribution in [3.8, 4) is 0 Å². The highest BCUT2D eigenvalue weighted by Gasteiger charge is 2.36. The number of carbonyl (C=O) groups excluding carboxylic acids is 1. The van der Waals surface area contributed by atoms with Crippen LogP contribution in [0, 0.1) is 5.41 Å². The van der Waals surface area contributed by atoms with Crippen LogP contribution in [0.3, 0.4) is 0 Å². The van der Waals surface area contributed by atoms with Crippen LogP contribution in [0.5, 0.6) is 0 Å². The van der Waals surface area contributed by atoms with Gasteiger partial charge >= 0.3 is 0 Å². The van der Waals surface area contributed by atoms with Gasteiger partial charge in [0.25, 0.3) is 0 Å². The largest absolute Gasteiger partial charge is 0.353 e. The summed E-state index contributed by atoms with van der Waals surface area (Å²) in [5.41, 5.74) is -0.183. The molecule has 17 heavy (non-hydrogen) atoms. The fourth-order valence-corrected chi connectivity index (χ4v) is 2.36. The number of hydrogen-bond donors (Lipinski definition) is 2. The van der Waals surface area contributed by atoms with Crippen LogP contribution in [0.4, 0.5) is 0 Å². The third-order valence-electron chi connectivity index (χ3n) is 3.79. The quantitative estimate of drug-likeness (QED) is 0.671. The van der Waals surface area contributed by atoms with Crippen LogP contribution in [0.2, 0.25) is 0 Å². The molecule has 0 bridgehead atoms. The maximum absolute atomic E-state index is 12.1. The molecule has 0 radical (unpaired) electrons. The molecule has 3 heteroatoms. The molecule has 0 aromatic rings. The van der Waals surface area contributed by atoms with Gasteiger partial charge < -0.3 is 10.6 Å². The van der Waals surface area contributed by atoms with Gasteiger partial charge in [0.05, 0.1) is 5.41 Å². The molecule has 1 amide bonds. The van der Waals surface area contributed by atoms with Crippen molar-refractivity contribution in [1.82, 2.24) is 10.6 Å². The first-order valence-electron chi connectivity index (χ1n) is 7.10. The number of amides is 1. The van der Waals surface area contributed by atoms with Crippen LogP contribution in [0.25, 0.3) is 0 Å². The Labute approximate surface area is 106 Å². The van der Waals surface area contributed by atoms with E-state index >= 15 is 0 Å². The molecule has 1 rings (SSSR count). The zero-order chi connectivity index (χ0) is 12.7. The predicted octanol–water partition coefficient (Wildman–Crippen LogP) is 2.46. The van der Waals surface area contributed by atoms with Crippen molar-refractivity contribution < 1.29 is 4.79 Å². The van der Waals surface area contributed by atoms with E-state index in [1.807, 2.05) is 0 Å². The number of nitrogens with one attached hydrogen (secondary N) is 2. The van der Waals surface area contributed by atoms with Gasteiger partial charge in [0.1, 0.15) is 0 Å². The van der Waals surface area contributed by atoms with Crippen LogP contribution < -0.4 is 10.6 Å². The Kier molecular flexibility index (Phi) is 5.96. The van der Waals surface area contributed by atoms with Crippen molar-refractivity contribution >= 4 is 5.91 Å². The van der Waals surface area contributed by atoms with Gasteiger partial charge in [-0.25, -0.2) is 0 Å². The lowest BCUT2D eigenvalue weighted by atomic mass is 9.88. The van der Waals surface area contributed by atoms with Gasteiger partial charge in [-0.1, -0.05) is 32.6 Å². The summed E-state index contributed by atoms with van der Waals surface area (Å²) in [4.78, 5) is 12.1. The first-order valence-corrected chi connectivity index (χ1v) is 7.10. The highest BCUT2D eigenvalue weighted by atomic mass is 16.2. The maximum Gasteiger partial charge on any atom is 0.227 e. The Hall–Kier alpha value is -0.570. The minimum absolute atomic E-state index is 0.183. The van der Waals surface area contributed by atoms with Crippen LogP contribution in [0.1, 0.15) is 59.3 Å². The molecule has 1 aliphatic rings. The van der Waals surface area contributed by atoms with Crippen LogP contribution >= 0.6 is 0 Å². The molecule has 2 atom stereocenters. The van der Waals surface area contributed by atoms with Gasteiger partial charge in [-0.2, -0.15) is 0 Å². The van der Waals surface area contributed by atoms with E-state index in [2.05, 4.69) is 31.4 Å². The highest BCUT2D eigenvalue weighted by molar-refractivity contribution is 5.83. The molecule has 0 aromatic carbocycles. The topological polar surface area (TPSA) is 41.1 Å². The summed E-state index contributed by atoms with van der Waals surface area (Å²) in [5, 5.41) is 6.43. The molecular formula is C14H28N2O. The minimum Gasteiger partial charge on any atom is -0.353 e. The summed E-state index contributed by atoms with van der Waals surface area (Å²) in [6.45, 7) is 8.19. The standard InChI is InChI=1S/C14H28N2O/c1-4-5-6-7-8-12(2)16-13(17)14(3)9-10-15-11-14/h12,15H,4-11H2,1-3H3,(H,16,17). The van der Waals surface area contributed by atoms with Crippen molar-refractivity contribution in [2.45, 2.75) is 65.3 Å². The van der Waals surface area contributed by atoms with E-state index < -0.39 is 0 Å². The average Bonchev–Trinajstić information content (AvgIpc) is 2.73. The third kappa shape index (κ3) is 4.66. The summed E-state index contributed by atoms with van der Waals surface area (Å²) in [6, 6.07) is 0.316. The zero-order valence-electron chi connectivity index (χ0n) is 11.6. The lowest BCUT2D eigenvalue weighted by molar-refractivity contribution is -0.129. The van der Waals surface area contributed by atoms with Gasteiger partial charge in [0.15, 0.2) is 0 Å². The van der Waals surface area contributed by atoms with Gasteiger partial charge in [0, 0.05) is 12.6 Å². The first kappa shape index (κ1) is 14.5. The SMILES string of the molecule is CCCCCCC(C)NC(=O)C1(C)CCNC1. The van der Waals surface area contributed by atoms with Gasteiger partial charge in [-0.05, 0) is 33.2 Å². The molecule has 2 unspecified atom stereocenters. The molecule has 1 heterocycles. The number of carbonyl (C=O) groups is 1. The van der Waals surface area contributed by atoms with Crippen molar-refractivity contribution in [1.29, 1.82) is 0 Å². The van der Waals surface area contributed by atoms with E-state index in [-0.39, 0.29) is 11.3 Å². The number of rotatable bonds is 7. The Balaban J connectivity index is 2.21. The van der Waals surface area contributed by atoms with Crippen molar-refractivity contribution in [2.24, 2.45) is 5.41 Å². The Bertz CT molecular complexity index is 234. The summed E-state index contributed by atoms with van der Waals surface area (Å²) < 4.78 is 0. The summed E-state index contributed by atoms with van der Waals surface area (Å²) in [5.74, 6) is 0.227. The van der Waals surface area contributed by atoms with Crippen LogP contribution in [-0.2, 0) is 4.79 Å². The summed E-state index contributed by atoms with van der Waals surface area (Å²) in [7, 11) is 0. The monoisotopic (exact) mass is 240 g/mol. The Morgan fingerprint density at radius 3 is 2.76 bits per heavy atom. The van der Waals surface area contributed by atoms with E-state index in [1.165, 1.54) is 25.7 Å². The molecule has 100 valence electrons. The molecule has 2 N–H and O–H groups in total. The van der Waals surface area contributed by atoms with Gasteiger partial charge in [-0.3, -0.25) is 4.79 Å². The van der Waals surface area contributed by atoms with E-state index in [1.54, 1.807) is 0 Å². The summed E-state index contributed by atoms with van der Waals surface area (Å²) >= 11 is 0. The molecule has 0 spiro atoms. The molecule has 3 nitrogen and oxygen atoms in total. The molecule has 1 aliphatic heterocycles. The van der Waals surface area contributed by atoms with Crippen molar-refractivity contribution in [3.63, 3.8) is 0 Å². The molecule has 0 aliphatic carbocycles. The minimum atomic E-state index is -0.183. The molecule has 0 aromatic heterocycles. The summed E-state index contributed by atoms with van der Waals surface area (Å²) in [6.07, 6.45) is 7.16. The first-order chi connectivity index (χ1) is 8.08. The number of hydrogen-bond acceptors (Lipinski definition) is 2. The fourth-order valence-electron chi connectivity index (χ4n) is 2.36. The Morgan fingerprint density at radius 2 is 2.18 bits per heavy atom. The highest BCUT2D eigenvalue weighted by Crippen LogP contribution is 2.24. The second-order valence-corrected chi connectivity index (χ2v) is 5.71. The molecule has 0 saturated carbocycles. The van der Waals surface area contributed by atoms with E-state index in [0.717, 1.165) is 25.9 Å². The van der Waals surface area contributed by atoms with E-state index in [0.29, 0.717) is 6.04 Å². The number of unbranched alkanes of at least 4 members (excludes halogenated alkanes) is 3. The average molecular weight is 240 g/mol. The lowest BCUT2D eigenvalue weighted by Gasteiger charge is -2.24. The molecule has 1 fully saturated rings. The Morgan fingerprint density at radius 1 is 1.41 bits per heavy atom. The van der Waals surface area contributed by atoms with Crippen molar-refractivity contribution in [2.75, 3.05) is 13.1 Å². The van der Waals surface area contributed by atoms with Crippen molar-refractivity contribution in [3.05, 3.63) is 0 Å². The van der Waals surface area contributed by atoms with Crippen LogP contribution in [-0.4, -0.2) is 25.0 Å². The van der Waals surface area contributed by atoms with E-state index in [4.69, 9.17) is 0 Å². The zero-order valence-corrected chi connectivity index (χ0v) is 11.6. The second-order valence-electron chi connectivity index (χ2n) is 5.71.